The monoisotopic (exact) mass is 250 g/mol. The fourth-order valence-corrected chi connectivity index (χ4v) is 1.52. The minimum atomic E-state index is 0.522. The molecule has 0 bridgehead atoms. The van der Waals surface area contributed by atoms with Gasteiger partial charge < -0.3 is 9.47 Å². The molecule has 0 unspecified atom stereocenters. The summed E-state index contributed by atoms with van der Waals surface area (Å²) in [6, 6.07) is 6.23. The highest BCUT2D eigenvalue weighted by Gasteiger charge is 2.08. The van der Waals surface area contributed by atoms with Crippen molar-refractivity contribution in [1.82, 2.24) is 0 Å². The Balaban J connectivity index is 2.79. The quantitative estimate of drug-likeness (QED) is 0.717. The summed E-state index contributed by atoms with van der Waals surface area (Å²) in [4.78, 5) is 0. The van der Waals surface area contributed by atoms with Crippen LogP contribution < -0.4 is 9.47 Å². The minimum absolute atomic E-state index is 0.522. The molecule has 0 heterocycles. The summed E-state index contributed by atoms with van der Waals surface area (Å²) in [7, 11) is 0. The molecule has 2 heteroatoms. The Morgan fingerprint density at radius 3 is 1.94 bits per heavy atom. The molecule has 0 saturated heterocycles. The van der Waals surface area contributed by atoms with Gasteiger partial charge in [-0.05, 0) is 36.0 Å². The van der Waals surface area contributed by atoms with Gasteiger partial charge in [0.05, 0.1) is 13.2 Å². The zero-order chi connectivity index (χ0) is 13.5. The molecule has 1 aromatic carbocycles. The second kappa shape index (κ2) is 7.30. The Hall–Kier alpha value is -1.18. The Morgan fingerprint density at radius 2 is 1.44 bits per heavy atom. The van der Waals surface area contributed by atoms with E-state index < -0.39 is 0 Å². The standard InChI is InChI=1S/C16H26O2/c1-6-14-7-8-15(17-10-12(2)3)16(9-14)18-11-13(4)5/h7-9,12-13H,6,10-11H2,1-5H3. The first-order valence-electron chi connectivity index (χ1n) is 6.91. The third kappa shape index (κ3) is 4.99. The van der Waals surface area contributed by atoms with Gasteiger partial charge in [-0.25, -0.2) is 0 Å². The molecule has 0 aliphatic heterocycles. The second-order valence-electron chi connectivity index (χ2n) is 5.54. The number of benzene rings is 1. The van der Waals surface area contributed by atoms with E-state index in [-0.39, 0.29) is 0 Å². The van der Waals surface area contributed by atoms with Gasteiger partial charge in [0.25, 0.3) is 0 Å². The molecule has 0 fully saturated rings. The summed E-state index contributed by atoms with van der Waals surface area (Å²) >= 11 is 0. The first kappa shape index (κ1) is 14.9. The molecule has 1 aromatic rings. The van der Waals surface area contributed by atoms with Crippen LogP contribution in [0.5, 0.6) is 11.5 Å². The molecular weight excluding hydrogens is 224 g/mol. The Bertz CT molecular complexity index is 356. The van der Waals surface area contributed by atoms with Crippen LogP contribution in [-0.4, -0.2) is 13.2 Å². The van der Waals surface area contributed by atoms with E-state index in [4.69, 9.17) is 9.47 Å². The van der Waals surface area contributed by atoms with Crippen molar-refractivity contribution in [2.45, 2.75) is 41.0 Å². The first-order valence-corrected chi connectivity index (χ1v) is 6.91. The van der Waals surface area contributed by atoms with Crippen LogP contribution in [0.25, 0.3) is 0 Å². The van der Waals surface area contributed by atoms with Gasteiger partial charge in [0.15, 0.2) is 11.5 Å². The lowest BCUT2D eigenvalue weighted by Crippen LogP contribution is -2.09. The van der Waals surface area contributed by atoms with E-state index in [2.05, 4.69) is 46.8 Å². The Labute approximate surface area is 111 Å². The summed E-state index contributed by atoms with van der Waals surface area (Å²) in [6.07, 6.45) is 1.02. The summed E-state index contributed by atoms with van der Waals surface area (Å²) in [5, 5.41) is 0. The lowest BCUT2D eigenvalue weighted by atomic mass is 10.1. The molecule has 18 heavy (non-hydrogen) atoms. The highest BCUT2D eigenvalue weighted by Crippen LogP contribution is 2.29. The Morgan fingerprint density at radius 1 is 0.889 bits per heavy atom. The number of aryl methyl sites for hydroxylation is 1. The number of ether oxygens (including phenoxy) is 2. The topological polar surface area (TPSA) is 18.5 Å². The van der Waals surface area contributed by atoms with Crippen LogP contribution in [0.4, 0.5) is 0 Å². The number of rotatable bonds is 7. The van der Waals surface area contributed by atoms with Crippen LogP contribution in [0.1, 0.15) is 40.2 Å². The highest BCUT2D eigenvalue weighted by molar-refractivity contribution is 5.43. The number of hydrogen-bond acceptors (Lipinski definition) is 2. The molecular formula is C16H26O2. The summed E-state index contributed by atoms with van der Waals surface area (Å²) in [6.45, 7) is 12.2. The van der Waals surface area contributed by atoms with Crippen LogP contribution in [0.2, 0.25) is 0 Å². The Kier molecular flexibility index (Phi) is 6.03. The summed E-state index contributed by atoms with van der Waals surface area (Å²) in [5.74, 6) is 2.78. The van der Waals surface area contributed by atoms with E-state index in [0.29, 0.717) is 11.8 Å². The van der Waals surface area contributed by atoms with Crippen LogP contribution >= 0.6 is 0 Å². The maximum atomic E-state index is 5.85. The van der Waals surface area contributed by atoms with Gasteiger partial charge in [-0.15, -0.1) is 0 Å². The molecule has 0 aromatic heterocycles. The van der Waals surface area contributed by atoms with E-state index in [1.807, 2.05) is 6.07 Å². The normalized spacial score (nSPS) is 11.1. The van der Waals surface area contributed by atoms with Gasteiger partial charge in [0.2, 0.25) is 0 Å². The van der Waals surface area contributed by atoms with Crippen LogP contribution in [0.3, 0.4) is 0 Å². The zero-order valence-corrected chi connectivity index (χ0v) is 12.3. The molecule has 0 saturated carbocycles. The van der Waals surface area contributed by atoms with Gasteiger partial charge >= 0.3 is 0 Å². The molecule has 0 N–H and O–H groups in total. The minimum Gasteiger partial charge on any atom is -0.489 e. The van der Waals surface area contributed by atoms with Crippen molar-refractivity contribution in [1.29, 1.82) is 0 Å². The predicted molar refractivity (Wildman–Crippen MR) is 76.5 cm³/mol. The first-order chi connectivity index (χ1) is 8.52. The molecule has 1 rings (SSSR count). The van der Waals surface area contributed by atoms with Crippen molar-refractivity contribution in [3.05, 3.63) is 23.8 Å². The smallest absolute Gasteiger partial charge is 0.161 e. The molecule has 102 valence electrons. The molecule has 0 spiro atoms. The van der Waals surface area contributed by atoms with Crippen molar-refractivity contribution in [3.8, 4) is 11.5 Å². The van der Waals surface area contributed by atoms with Gasteiger partial charge in [0, 0.05) is 0 Å². The third-order valence-corrected chi connectivity index (χ3v) is 2.56. The van der Waals surface area contributed by atoms with Gasteiger partial charge in [-0.2, -0.15) is 0 Å². The third-order valence-electron chi connectivity index (χ3n) is 2.56. The average Bonchev–Trinajstić information content (AvgIpc) is 2.34. The van der Waals surface area contributed by atoms with Crippen molar-refractivity contribution >= 4 is 0 Å². The van der Waals surface area contributed by atoms with E-state index >= 15 is 0 Å². The second-order valence-corrected chi connectivity index (χ2v) is 5.54. The molecule has 0 aliphatic rings. The van der Waals surface area contributed by atoms with Crippen LogP contribution in [0.15, 0.2) is 18.2 Å². The maximum Gasteiger partial charge on any atom is 0.161 e. The van der Waals surface area contributed by atoms with Crippen LogP contribution in [0, 0.1) is 11.8 Å². The molecule has 0 radical (unpaired) electrons. The van der Waals surface area contributed by atoms with Crippen LogP contribution in [-0.2, 0) is 6.42 Å². The van der Waals surface area contributed by atoms with Crippen molar-refractivity contribution in [2.24, 2.45) is 11.8 Å². The number of hydrogen-bond donors (Lipinski definition) is 0. The fraction of sp³-hybridized carbons (Fsp3) is 0.625. The van der Waals surface area contributed by atoms with Crippen molar-refractivity contribution < 1.29 is 9.47 Å². The SMILES string of the molecule is CCc1ccc(OCC(C)C)c(OCC(C)C)c1. The van der Waals surface area contributed by atoms with Crippen molar-refractivity contribution in [3.63, 3.8) is 0 Å². The van der Waals surface area contributed by atoms with Gasteiger partial charge in [-0.1, -0.05) is 40.7 Å². The highest BCUT2D eigenvalue weighted by atomic mass is 16.5. The maximum absolute atomic E-state index is 5.85. The van der Waals surface area contributed by atoms with Gasteiger partial charge in [-0.3, -0.25) is 0 Å². The van der Waals surface area contributed by atoms with E-state index in [9.17, 15) is 0 Å². The molecule has 2 nitrogen and oxygen atoms in total. The van der Waals surface area contributed by atoms with E-state index in [1.54, 1.807) is 0 Å². The van der Waals surface area contributed by atoms with E-state index in [1.165, 1.54) is 5.56 Å². The predicted octanol–water partition coefficient (Wildman–Crippen LogP) is 4.32. The van der Waals surface area contributed by atoms with Crippen molar-refractivity contribution in [2.75, 3.05) is 13.2 Å². The fourth-order valence-electron chi connectivity index (χ4n) is 1.52. The lowest BCUT2D eigenvalue weighted by molar-refractivity contribution is 0.229. The average molecular weight is 250 g/mol. The molecule has 0 atom stereocenters. The zero-order valence-electron chi connectivity index (χ0n) is 12.3. The van der Waals surface area contributed by atoms with E-state index in [0.717, 1.165) is 31.1 Å². The molecule has 0 aliphatic carbocycles. The summed E-state index contributed by atoms with van der Waals surface area (Å²) in [5.41, 5.74) is 1.28. The van der Waals surface area contributed by atoms with Gasteiger partial charge in [0.1, 0.15) is 0 Å². The summed E-state index contributed by atoms with van der Waals surface area (Å²) < 4.78 is 11.7. The lowest BCUT2D eigenvalue weighted by Gasteiger charge is -2.16. The molecule has 0 amide bonds. The largest absolute Gasteiger partial charge is 0.489 e.